The fourth-order valence-corrected chi connectivity index (χ4v) is 1.46. The molecule has 0 amide bonds. The number of esters is 1. The van der Waals surface area contributed by atoms with Crippen molar-refractivity contribution in [2.24, 2.45) is 0 Å². The van der Waals surface area contributed by atoms with Gasteiger partial charge in [-0.05, 0) is 26.3 Å². The molecule has 1 rings (SSSR count). The zero-order chi connectivity index (χ0) is 11.5. The third-order valence-corrected chi connectivity index (χ3v) is 2.61. The predicted octanol–water partition coefficient (Wildman–Crippen LogP) is 1.97. The highest BCUT2D eigenvalue weighted by Crippen LogP contribution is 2.28. The molecular formula is C12H18O3. The maximum Gasteiger partial charge on any atom is 0.306 e. The summed E-state index contributed by atoms with van der Waals surface area (Å²) < 4.78 is 5.16. The van der Waals surface area contributed by atoms with E-state index in [0.29, 0.717) is 19.3 Å². The van der Waals surface area contributed by atoms with Crippen molar-refractivity contribution in [1.82, 2.24) is 0 Å². The molecule has 0 aliphatic carbocycles. The molecule has 2 atom stereocenters. The molecule has 1 aliphatic heterocycles. The van der Waals surface area contributed by atoms with Crippen molar-refractivity contribution in [2.45, 2.75) is 44.3 Å². The van der Waals surface area contributed by atoms with E-state index in [9.17, 15) is 9.90 Å². The van der Waals surface area contributed by atoms with E-state index in [2.05, 4.69) is 6.58 Å². The van der Waals surface area contributed by atoms with Gasteiger partial charge in [-0.15, -0.1) is 6.58 Å². The minimum atomic E-state index is -0.893. The first-order valence-electron chi connectivity index (χ1n) is 5.12. The summed E-state index contributed by atoms with van der Waals surface area (Å²) in [6.07, 6.45) is 6.83. The monoisotopic (exact) mass is 210 g/mol. The molecule has 0 bridgehead atoms. The van der Waals surface area contributed by atoms with Gasteiger partial charge in [0.15, 0.2) is 0 Å². The van der Waals surface area contributed by atoms with Crippen LogP contribution >= 0.6 is 0 Å². The predicted molar refractivity (Wildman–Crippen MR) is 58.3 cm³/mol. The summed E-state index contributed by atoms with van der Waals surface area (Å²) in [6.45, 7) is 7.10. The SMILES string of the molecule is C=CC(C)(O)CC=CC1(C)CCC(=O)O1. The maximum atomic E-state index is 11.0. The summed E-state index contributed by atoms with van der Waals surface area (Å²) in [5, 5.41) is 9.66. The van der Waals surface area contributed by atoms with Gasteiger partial charge in [0, 0.05) is 12.8 Å². The topological polar surface area (TPSA) is 46.5 Å². The van der Waals surface area contributed by atoms with Crippen LogP contribution in [0.25, 0.3) is 0 Å². The Labute approximate surface area is 90.4 Å². The van der Waals surface area contributed by atoms with Crippen molar-refractivity contribution in [1.29, 1.82) is 0 Å². The molecule has 0 aromatic heterocycles. The van der Waals surface area contributed by atoms with Crippen LogP contribution in [0.15, 0.2) is 24.8 Å². The Morgan fingerprint density at radius 3 is 2.87 bits per heavy atom. The average Bonchev–Trinajstić information content (AvgIpc) is 2.46. The first-order chi connectivity index (χ1) is 6.87. The molecule has 0 saturated carbocycles. The highest BCUT2D eigenvalue weighted by Gasteiger charge is 2.33. The van der Waals surface area contributed by atoms with E-state index < -0.39 is 11.2 Å². The van der Waals surface area contributed by atoms with Crippen LogP contribution in [-0.4, -0.2) is 22.3 Å². The molecule has 1 saturated heterocycles. The van der Waals surface area contributed by atoms with Crippen LogP contribution in [0.4, 0.5) is 0 Å². The third kappa shape index (κ3) is 3.51. The van der Waals surface area contributed by atoms with E-state index >= 15 is 0 Å². The van der Waals surface area contributed by atoms with Crippen LogP contribution in [-0.2, 0) is 9.53 Å². The number of cyclic esters (lactones) is 1. The number of hydrogen-bond acceptors (Lipinski definition) is 3. The lowest BCUT2D eigenvalue weighted by Gasteiger charge is -2.19. The van der Waals surface area contributed by atoms with Gasteiger partial charge in [0.05, 0.1) is 5.60 Å². The minimum Gasteiger partial charge on any atom is -0.455 e. The Hall–Kier alpha value is -1.09. The summed E-state index contributed by atoms with van der Waals surface area (Å²) in [7, 11) is 0. The molecule has 15 heavy (non-hydrogen) atoms. The molecule has 1 aliphatic rings. The Bertz CT molecular complexity index is 291. The molecule has 0 aromatic carbocycles. The number of carbonyl (C=O) groups excluding carboxylic acids is 1. The molecule has 2 unspecified atom stereocenters. The summed E-state index contributed by atoms with van der Waals surface area (Å²) in [6, 6.07) is 0. The Morgan fingerprint density at radius 1 is 1.73 bits per heavy atom. The standard InChI is InChI=1S/C12H18O3/c1-4-11(2,14)7-5-8-12(3)9-6-10(13)15-12/h4-5,8,14H,1,6-7,9H2,2-3H3. The Balaban J connectivity index is 2.51. The third-order valence-electron chi connectivity index (χ3n) is 2.61. The second-order valence-corrected chi connectivity index (χ2v) is 4.45. The first-order valence-corrected chi connectivity index (χ1v) is 5.12. The zero-order valence-corrected chi connectivity index (χ0v) is 9.32. The molecular weight excluding hydrogens is 192 g/mol. The molecule has 1 fully saturated rings. The van der Waals surface area contributed by atoms with Gasteiger partial charge in [0.25, 0.3) is 0 Å². The highest BCUT2D eigenvalue weighted by molar-refractivity contribution is 5.72. The summed E-state index contributed by atoms with van der Waals surface area (Å²) >= 11 is 0. The summed E-state index contributed by atoms with van der Waals surface area (Å²) in [5.41, 5.74) is -1.39. The van der Waals surface area contributed by atoms with Crippen LogP contribution < -0.4 is 0 Å². The molecule has 3 heteroatoms. The number of carbonyl (C=O) groups is 1. The molecule has 0 spiro atoms. The summed E-state index contributed by atoms with van der Waals surface area (Å²) in [4.78, 5) is 11.0. The van der Waals surface area contributed by atoms with E-state index in [0.717, 1.165) is 0 Å². The number of ether oxygens (including phenoxy) is 1. The first kappa shape index (κ1) is 12.0. The fourth-order valence-electron chi connectivity index (χ4n) is 1.46. The van der Waals surface area contributed by atoms with Crippen molar-refractivity contribution >= 4 is 5.97 Å². The molecule has 84 valence electrons. The maximum absolute atomic E-state index is 11.0. The van der Waals surface area contributed by atoms with Gasteiger partial charge in [0.1, 0.15) is 5.60 Å². The second-order valence-electron chi connectivity index (χ2n) is 4.45. The lowest BCUT2D eigenvalue weighted by Crippen LogP contribution is -2.22. The normalized spacial score (nSPS) is 30.2. The van der Waals surface area contributed by atoms with Crippen LogP contribution in [0.2, 0.25) is 0 Å². The van der Waals surface area contributed by atoms with Gasteiger partial charge in [-0.2, -0.15) is 0 Å². The average molecular weight is 210 g/mol. The van der Waals surface area contributed by atoms with E-state index in [1.54, 1.807) is 6.92 Å². The lowest BCUT2D eigenvalue weighted by atomic mass is 9.98. The van der Waals surface area contributed by atoms with E-state index in [1.807, 2.05) is 19.1 Å². The van der Waals surface area contributed by atoms with Crippen molar-refractivity contribution in [3.8, 4) is 0 Å². The van der Waals surface area contributed by atoms with E-state index in [4.69, 9.17) is 4.74 Å². The molecule has 1 heterocycles. The van der Waals surface area contributed by atoms with E-state index in [-0.39, 0.29) is 5.97 Å². The Morgan fingerprint density at radius 2 is 2.40 bits per heavy atom. The van der Waals surface area contributed by atoms with Gasteiger partial charge < -0.3 is 9.84 Å². The smallest absolute Gasteiger partial charge is 0.306 e. The molecule has 0 radical (unpaired) electrons. The number of hydrogen-bond donors (Lipinski definition) is 1. The lowest BCUT2D eigenvalue weighted by molar-refractivity contribution is -0.144. The highest BCUT2D eigenvalue weighted by atomic mass is 16.6. The molecule has 1 N–H and O–H groups in total. The van der Waals surface area contributed by atoms with Gasteiger partial charge in [0.2, 0.25) is 0 Å². The van der Waals surface area contributed by atoms with Crippen molar-refractivity contribution in [2.75, 3.05) is 0 Å². The van der Waals surface area contributed by atoms with Crippen LogP contribution in [0, 0.1) is 0 Å². The zero-order valence-electron chi connectivity index (χ0n) is 9.32. The summed E-state index contributed by atoms with van der Waals surface area (Å²) in [5.74, 6) is -0.155. The molecule has 3 nitrogen and oxygen atoms in total. The van der Waals surface area contributed by atoms with Crippen molar-refractivity contribution in [3.05, 3.63) is 24.8 Å². The van der Waals surface area contributed by atoms with Gasteiger partial charge in [-0.25, -0.2) is 0 Å². The van der Waals surface area contributed by atoms with Gasteiger partial charge in [-0.1, -0.05) is 12.2 Å². The van der Waals surface area contributed by atoms with Crippen molar-refractivity contribution in [3.63, 3.8) is 0 Å². The van der Waals surface area contributed by atoms with Crippen LogP contribution in [0.1, 0.15) is 33.1 Å². The minimum absolute atomic E-state index is 0.155. The number of rotatable bonds is 4. The van der Waals surface area contributed by atoms with Crippen LogP contribution in [0.3, 0.4) is 0 Å². The second kappa shape index (κ2) is 4.19. The van der Waals surface area contributed by atoms with Gasteiger partial charge >= 0.3 is 5.97 Å². The largest absolute Gasteiger partial charge is 0.455 e. The quantitative estimate of drug-likeness (QED) is 0.570. The van der Waals surface area contributed by atoms with Gasteiger partial charge in [-0.3, -0.25) is 4.79 Å². The van der Waals surface area contributed by atoms with E-state index in [1.165, 1.54) is 6.08 Å². The fraction of sp³-hybridized carbons (Fsp3) is 0.583. The Kier molecular flexibility index (Phi) is 3.35. The van der Waals surface area contributed by atoms with Crippen LogP contribution in [0.5, 0.6) is 0 Å². The molecule has 0 aromatic rings. The van der Waals surface area contributed by atoms with Crippen molar-refractivity contribution < 1.29 is 14.6 Å². The number of aliphatic hydroxyl groups is 1.